The van der Waals surface area contributed by atoms with E-state index >= 15 is 0 Å². The minimum Gasteiger partial charge on any atom is -0.332 e. The van der Waals surface area contributed by atoms with Crippen molar-refractivity contribution in [3.05, 3.63) is 94.0 Å². The molecular weight excluding hydrogens is 368 g/mol. The maximum atomic E-state index is 13.1. The van der Waals surface area contributed by atoms with Crippen LogP contribution in [0.2, 0.25) is 0 Å². The van der Waals surface area contributed by atoms with E-state index in [1.807, 2.05) is 32.0 Å². The summed E-state index contributed by atoms with van der Waals surface area (Å²) < 4.78 is 0. The summed E-state index contributed by atoms with van der Waals surface area (Å²) in [6.45, 7) is 4.05. The van der Waals surface area contributed by atoms with Gasteiger partial charge in [0.1, 0.15) is 0 Å². The molecule has 28 heavy (non-hydrogen) atoms. The van der Waals surface area contributed by atoms with Crippen molar-refractivity contribution in [3.63, 3.8) is 0 Å². The molecule has 0 aliphatic heterocycles. The minimum atomic E-state index is -0.178. The first-order valence-electron chi connectivity index (χ1n) is 8.93. The van der Waals surface area contributed by atoms with Crippen LogP contribution in [-0.4, -0.2) is 16.7 Å². The van der Waals surface area contributed by atoms with Gasteiger partial charge in [0.15, 0.2) is 16.7 Å². The average Bonchev–Trinajstić information content (AvgIpc) is 2.69. The number of ketones is 2. The van der Waals surface area contributed by atoms with Gasteiger partial charge >= 0.3 is 0 Å². The average molecular weight is 386 g/mol. The molecule has 1 aliphatic carbocycles. The fourth-order valence-electron chi connectivity index (χ4n) is 3.41. The van der Waals surface area contributed by atoms with Crippen molar-refractivity contribution in [2.45, 2.75) is 13.8 Å². The number of carbonyl (C=O) groups is 2. The smallest absolute Gasteiger partial charge is 0.196 e. The molecule has 138 valence electrons. The third kappa shape index (κ3) is 3.00. The zero-order chi connectivity index (χ0) is 19.8. The molecule has 0 fully saturated rings. The summed E-state index contributed by atoms with van der Waals surface area (Å²) in [4.78, 5) is 25.9. The first-order chi connectivity index (χ1) is 13.5. The highest BCUT2D eigenvalue weighted by molar-refractivity contribution is 7.80. The van der Waals surface area contributed by atoms with Gasteiger partial charge in [0, 0.05) is 22.4 Å². The molecule has 0 spiro atoms. The molecule has 0 saturated heterocycles. The van der Waals surface area contributed by atoms with Gasteiger partial charge in [-0.15, -0.1) is 0 Å². The fourth-order valence-corrected chi connectivity index (χ4v) is 3.63. The van der Waals surface area contributed by atoms with Gasteiger partial charge in [0.25, 0.3) is 0 Å². The molecule has 0 aromatic heterocycles. The second-order valence-electron chi connectivity index (χ2n) is 6.76. The Labute approximate surface area is 168 Å². The van der Waals surface area contributed by atoms with Gasteiger partial charge in [0.05, 0.1) is 11.3 Å². The summed E-state index contributed by atoms with van der Waals surface area (Å²) in [7, 11) is 0. The quantitative estimate of drug-likeness (QED) is 0.481. The first kappa shape index (κ1) is 18.1. The molecule has 5 heteroatoms. The Kier molecular flexibility index (Phi) is 4.53. The normalized spacial score (nSPS) is 12.2. The maximum Gasteiger partial charge on any atom is 0.196 e. The van der Waals surface area contributed by atoms with E-state index in [1.54, 1.807) is 42.5 Å². The molecule has 4 nitrogen and oxygen atoms in total. The van der Waals surface area contributed by atoms with Crippen molar-refractivity contribution in [1.29, 1.82) is 0 Å². The van der Waals surface area contributed by atoms with Gasteiger partial charge in [-0.3, -0.25) is 9.59 Å². The molecule has 2 N–H and O–H groups in total. The lowest BCUT2D eigenvalue weighted by molar-refractivity contribution is 0.0979. The van der Waals surface area contributed by atoms with E-state index in [4.69, 9.17) is 12.2 Å². The highest BCUT2D eigenvalue weighted by Gasteiger charge is 2.31. The van der Waals surface area contributed by atoms with Crippen LogP contribution in [0.15, 0.2) is 60.7 Å². The zero-order valence-corrected chi connectivity index (χ0v) is 16.3. The minimum absolute atomic E-state index is 0.151. The highest BCUT2D eigenvalue weighted by Crippen LogP contribution is 2.32. The zero-order valence-electron chi connectivity index (χ0n) is 15.5. The Hall–Kier alpha value is -3.31. The topological polar surface area (TPSA) is 58.2 Å². The number of hydrogen-bond donors (Lipinski definition) is 2. The molecule has 0 saturated carbocycles. The van der Waals surface area contributed by atoms with E-state index in [-0.39, 0.29) is 11.6 Å². The van der Waals surface area contributed by atoms with Crippen molar-refractivity contribution in [1.82, 2.24) is 0 Å². The van der Waals surface area contributed by atoms with Crippen molar-refractivity contribution in [2.24, 2.45) is 0 Å². The van der Waals surface area contributed by atoms with E-state index in [0.29, 0.717) is 33.1 Å². The third-order valence-corrected chi connectivity index (χ3v) is 5.26. The first-order valence-corrected chi connectivity index (χ1v) is 9.34. The van der Waals surface area contributed by atoms with Gasteiger partial charge in [0.2, 0.25) is 0 Å². The second-order valence-corrected chi connectivity index (χ2v) is 7.17. The number of anilines is 2. The molecule has 0 radical (unpaired) electrons. The molecule has 0 amide bonds. The molecule has 3 aromatic carbocycles. The summed E-state index contributed by atoms with van der Waals surface area (Å²) in [6.07, 6.45) is 0. The summed E-state index contributed by atoms with van der Waals surface area (Å²) in [5.41, 5.74) is 5.28. The lowest BCUT2D eigenvalue weighted by Crippen LogP contribution is -2.25. The van der Waals surface area contributed by atoms with Crippen LogP contribution in [0.25, 0.3) is 0 Å². The number of benzene rings is 3. The molecule has 1 aliphatic rings. The second kappa shape index (κ2) is 7.02. The summed E-state index contributed by atoms with van der Waals surface area (Å²) in [6, 6.07) is 18.0. The molecule has 4 rings (SSSR count). The van der Waals surface area contributed by atoms with Crippen LogP contribution < -0.4 is 10.6 Å². The number of fused-ring (bicyclic) bond motifs is 2. The predicted octanol–water partition coefficient (Wildman–Crippen LogP) is 4.89. The maximum absolute atomic E-state index is 13.1. The van der Waals surface area contributed by atoms with Crippen LogP contribution in [0.5, 0.6) is 0 Å². The summed E-state index contributed by atoms with van der Waals surface area (Å²) in [5, 5.41) is 6.63. The SMILES string of the molecule is Cc1cccc(NC(=S)Nc2cccc3c2C(=O)c2ccccc2C3=O)c1C. The Morgan fingerprint density at radius 2 is 1.29 bits per heavy atom. The lowest BCUT2D eigenvalue weighted by Gasteiger charge is -2.21. The highest BCUT2D eigenvalue weighted by atomic mass is 32.1. The van der Waals surface area contributed by atoms with Crippen LogP contribution in [0.4, 0.5) is 11.4 Å². The number of aryl methyl sites for hydroxylation is 1. The molecule has 0 bridgehead atoms. The summed E-state index contributed by atoms with van der Waals surface area (Å²) in [5.74, 6) is -0.329. The molecule has 3 aromatic rings. The van der Waals surface area contributed by atoms with Crippen molar-refractivity contribution >= 4 is 40.3 Å². The van der Waals surface area contributed by atoms with Gasteiger partial charge in [-0.05, 0) is 49.3 Å². The largest absolute Gasteiger partial charge is 0.332 e. The van der Waals surface area contributed by atoms with Crippen molar-refractivity contribution in [3.8, 4) is 0 Å². The standard InChI is InChI=1S/C23H18N2O2S/c1-13-7-5-11-18(14(13)2)24-23(28)25-19-12-6-10-17-20(19)22(27)16-9-4-3-8-15(16)21(17)26/h3-12H,1-2H3,(H2,24,25,28). The van der Waals surface area contributed by atoms with Crippen LogP contribution in [0.1, 0.15) is 43.0 Å². The van der Waals surface area contributed by atoms with Crippen LogP contribution in [0.3, 0.4) is 0 Å². The number of carbonyl (C=O) groups excluding carboxylic acids is 2. The van der Waals surface area contributed by atoms with E-state index in [0.717, 1.165) is 16.8 Å². The van der Waals surface area contributed by atoms with E-state index in [9.17, 15) is 9.59 Å². The predicted molar refractivity (Wildman–Crippen MR) is 116 cm³/mol. The van der Waals surface area contributed by atoms with E-state index < -0.39 is 0 Å². The Morgan fingerprint density at radius 3 is 2.04 bits per heavy atom. The van der Waals surface area contributed by atoms with Crippen LogP contribution in [-0.2, 0) is 0 Å². The fraction of sp³-hybridized carbons (Fsp3) is 0.0870. The Balaban J connectivity index is 1.67. The monoisotopic (exact) mass is 386 g/mol. The van der Waals surface area contributed by atoms with Crippen LogP contribution in [0, 0.1) is 13.8 Å². The van der Waals surface area contributed by atoms with Gasteiger partial charge in [-0.2, -0.15) is 0 Å². The van der Waals surface area contributed by atoms with Crippen molar-refractivity contribution in [2.75, 3.05) is 10.6 Å². The molecular formula is C23H18N2O2S. The molecule has 0 unspecified atom stereocenters. The van der Waals surface area contributed by atoms with Gasteiger partial charge in [-0.25, -0.2) is 0 Å². The molecule has 0 atom stereocenters. The number of hydrogen-bond acceptors (Lipinski definition) is 3. The van der Waals surface area contributed by atoms with Crippen molar-refractivity contribution < 1.29 is 9.59 Å². The lowest BCUT2D eigenvalue weighted by atomic mass is 9.83. The third-order valence-electron chi connectivity index (χ3n) is 5.05. The summed E-state index contributed by atoms with van der Waals surface area (Å²) >= 11 is 5.45. The van der Waals surface area contributed by atoms with E-state index in [1.165, 1.54) is 0 Å². The van der Waals surface area contributed by atoms with Crippen LogP contribution >= 0.6 is 12.2 Å². The number of rotatable bonds is 2. The van der Waals surface area contributed by atoms with Gasteiger partial charge in [-0.1, -0.05) is 48.5 Å². The van der Waals surface area contributed by atoms with Gasteiger partial charge < -0.3 is 10.6 Å². The Bertz CT molecular complexity index is 1150. The van der Waals surface area contributed by atoms with E-state index in [2.05, 4.69) is 10.6 Å². The Morgan fingerprint density at radius 1 is 0.714 bits per heavy atom. The number of nitrogens with one attached hydrogen (secondary N) is 2. The number of thiocarbonyl (C=S) groups is 1. The molecule has 0 heterocycles.